The Balaban J connectivity index is 1.81. The second-order valence-corrected chi connectivity index (χ2v) is 6.63. The van der Waals surface area contributed by atoms with Crippen LogP contribution in [-0.2, 0) is 4.79 Å². The quantitative estimate of drug-likeness (QED) is 0.819. The van der Waals surface area contributed by atoms with Gasteiger partial charge in [0.2, 0.25) is 0 Å². The zero-order valence-corrected chi connectivity index (χ0v) is 13.0. The maximum absolute atomic E-state index is 12.4. The number of carbonyl (C=O) groups is 2. The van der Waals surface area contributed by atoms with Crippen molar-refractivity contribution in [1.29, 1.82) is 0 Å². The summed E-state index contributed by atoms with van der Waals surface area (Å²) >= 11 is 0. The third-order valence-corrected chi connectivity index (χ3v) is 5.13. The molecule has 1 heterocycles. The highest BCUT2D eigenvalue weighted by Crippen LogP contribution is 2.30. The molecule has 2 fully saturated rings. The molecule has 120 valence electrons. The van der Waals surface area contributed by atoms with E-state index in [4.69, 9.17) is 5.11 Å². The van der Waals surface area contributed by atoms with Gasteiger partial charge in [-0.3, -0.25) is 4.79 Å². The first kappa shape index (κ1) is 16.1. The molecule has 21 heavy (non-hydrogen) atoms. The molecule has 1 aliphatic heterocycles. The van der Waals surface area contributed by atoms with Crippen LogP contribution in [0.2, 0.25) is 0 Å². The van der Waals surface area contributed by atoms with Crippen LogP contribution in [-0.4, -0.2) is 41.1 Å². The normalized spacial score (nSPS) is 29.4. The summed E-state index contributed by atoms with van der Waals surface area (Å²) in [5, 5.41) is 11.9. The summed E-state index contributed by atoms with van der Waals surface area (Å²) in [6.45, 7) is 3.79. The molecule has 2 rings (SSSR count). The molecule has 0 aromatic carbocycles. The summed E-state index contributed by atoms with van der Waals surface area (Å²) < 4.78 is 0. The van der Waals surface area contributed by atoms with E-state index >= 15 is 0 Å². The summed E-state index contributed by atoms with van der Waals surface area (Å²) in [6.07, 6.45) is 7.52. The number of hydrogen-bond donors (Lipinski definition) is 2. The molecule has 2 N–H and O–H groups in total. The van der Waals surface area contributed by atoms with Crippen molar-refractivity contribution >= 4 is 12.0 Å². The average Bonchev–Trinajstić information content (AvgIpc) is 2.88. The largest absolute Gasteiger partial charge is 0.481 e. The Kier molecular flexibility index (Phi) is 5.88. The van der Waals surface area contributed by atoms with Crippen LogP contribution in [0.5, 0.6) is 0 Å². The summed E-state index contributed by atoms with van der Waals surface area (Å²) in [7, 11) is 0. The zero-order chi connectivity index (χ0) is 15.2. The molecule has 0 bridgehead atoms. The van der Waals surface area contributed by atoms with Gasteiger partial charge in [-0.05, 0) is 43.9 Å². The van der Waals surface area contributed by atoms with E-state index in [9.17, 15) is 9.59 Å². The first-order valence-corrected chi connectivity index (χ1v) is 8.34. The van der Waals surface area contributed by atoms with Crippen LogP contribution >= 0.6 is 0 Å². The number of carbonyl (C=O) groups excluding carboxylic acids is 1. The first-order chi connectivity index (χ1) is 10.1. The molecule has 3 unspecified atom stereocenters. The number of amides is 2. The number of likely N-dealkylation sites (tertiary alicyclic amines) is 1. The number of carboxylic acids is 1. The molecule has 2 amide bonds. The Morgan fingerprint density at radius 1 is 1.19 bits per heavy atom. The fraction of sp³-hybridized carbons (Fsp3) is 0.875. The minimum atomic E-state index is -0.777. The molecule has 1 saturated carbocycles. The van der Waals surface area contributed by atoms with Crippen molar-refractivity contribution in [2.24, 2.45) is 11.8 Å². The van der Waals surface area contributed by atoms with Crippen molar-refractivity contribution in [3.63, 3.8) is 0 Å². The standard InChI is InChI=1S/C16H28N2O3/c1-12-5-4-6-13(12)11-17-16(21)18-10-3-2-7-14(18)8-9-15(19)20/h12-14H,2-11H2,1H3,(H,17,21)(H,19,20). The predicted octanol–water partition coefficient (Wildman–Crippen LogP) is 2.85. The van der Waals surface area contributed by atoms with Gasteiger partial charge in [-0.2, -0.15) is 0 Å². The lowest BCUT2D eigenvalue weighted by Gasteiger charge is -2.36. The molecule has 2 aliphatic rings. The van der Waals surface area contributed by atoms with Gasteiger partial charge >= 0.3 is 12.0 Å². The van der Waals surface area contributed by atoms with E-state index in [1.165, 1.54) is 19.3 Å². The van der Waals surface area contributed by atoms with E-state index in [-0.39, 0.29) is 18.5 Å². The predicted molar refractivity (Wildman–Crippen MR) is 81.1 cm³/mol. The van der Waals surface area contributed by atoms with Crippen LogP contribution in [0.4, 0.5) is 4.79 Å². The maximum Gasteiger partial charge on any atom is 0.317 e. The topological polar surface area (TPSA) is 69.6 Å². The van der Waals surface area contributed by atoms with E-state index in [1.807, 2.05) is 4.90 Å². The summed E-state index contributed by atoms with van der Waals surface area (Å²) in [5.74, 6) is 0.534. The lowest BCUT2D eigenvalue weighted by molar-refractivity contribution is -0.137. The monoisotopic (exact) mass is 296 g/mol. The Morgan fingerprint density at radius 2 is 2.00 bits per heavy atom. The molecule has 0 aromatic rings. The fourth-order valence-electron chi connectivity index (χ4n) is 3.70. The van der Waals surface area contributed by atoms with E-state index in [0.717, 1.165) is 32.4 Å². The number of piperidine rings is 1. The highest BCUT2D eigenvalue weighted by atomic mass is 16.4. The maximum atomic E-state index is 12.4. The van der Waals surface area contributed by atoms with Crippen LogP contribution in [0.15, 0.2) is 0 Å². The second kappa shape index (κ2) is 7.66. The molecule has 0 radical (unpaired) electrons. The average molecular weight is 296 g/mol. The lowest BCUT2D eigenvalue weighted by Crippen LogP contribution is -2.49. The van der Waals surface area contributed by atoms with Gasteiger partial charge in [0.05, 0.1) is 0 Å². The smallest absolute Gasteiger partial charge is 0.317 e. The Morgan fingerprint density at radius 3 is 2.67 bits per heavy atom. The molecular weight excluding hydrogens is 268 g/mol. The Hall–Kier alpha value is -1.26. The second-order valence-electron chi connectivity index (χ2n) is 6.63. The lowest BCUT2D eigenvalue weighted by atomic mass is 9.97. The SMILES string of the molecule is CC1CCCC1CNC(=O)N1CCCCC1CCC(=O)O. The number of carboxylic acid groups (broad SMARTS) is 1. The van der Waals surface area contributed by atoms with Crippen LogP contribution in [0.3, 0.4) is 0 Å². The van der Waals surface area contributed by atoms with Gasteiger partial charge in [0, 0.05) is 25.6 Å². The van der Waals surface area contributed by atoms with Crippen molar-refractivity contribution in [3.8, 4) is 0 Å². The third kappa shape index (κ3) is 4.61. The summed E-state index contributed by atoms with van der Waals surface area (Å²) in [6, 6.07) is 0.0973. The molecule has 1 aliphatic carbocycles. The first-order valence-electron chi connectivity index (χ1n) is 8.34. The van der Waals surface area contributed by atoms with E-state index in [0.29, 0.717) is 18.3 Å². The van der Waals surface area contributed by atoms with Gasteiger partial charge in [-0.25, -0.2) is 4.79 Å². The minimum absolute atomic E-state index is 0.00388. The van der Waals surface area contributed by atoms with Crippen molar-refractivity contribution in [3.05, 3.63) is 0 Å². The van der Waals surface area contributed by atoms with Crippen molar-refractivity contribution in [2.75, 3.05) is 13.1 Å². The number of nitrogens with one attached hydrogen (secondary N) is 1. The minimum Gasteiger partial charge on any atom is -0.481 e. The number of nitrogens with zero attached hydrogens (tertiary/aromatic N) is 1. The highest BCUT2D eigenvalue weighted by Gasteiger charge is 2.29. The molecule has 5 nitrogen and oxygen atoms in total. The van der Waals surface area contributed by atoms with Gasteiger partial charge in [0.15, 0.2) is 0 Å². The fourth-order valence-corrected chi connectivity index (χ4v) is 3.70. The number of hydrogen-bond acceptors (Lipinski definition) is 2. The van der Waals surface area contributed by atoms with Gasteiger partial charge in [-0.1, -0.05) is 19.8 Å². The van der Waals surface area contributed by atoms with Crippen LogP contribution in [0.25, 0.3) is 0 Å². The molecule has 3 atom stereocenters. The number of aliphatic carboxylic acids is 1. The van der Waals surface area contributed by atoms with Crippen molar-refractivity contribution in [2.45, 2.75) is 64.3 Å². The molecule has 1 saturated heterocycles. The summed E-state index contributed by atoms with van der Waals surface area (Å²) in [4.78, 5) is 25.0. The van der Waals surface area contributed by atoms with Gasteiger partial charge < -0.3 is 15.3 Å². The van der Waals surface area contributed by atoms with Gasteiger partial charge in [0.1, 0.15) is 0 Å². The van der Waals surface area contributed by atoms with Crippen molar-refractivity contribution < 1.29 is 14.7 Å². The Labute approximate surface area is 127 Å². The van der Waals surface area contributed by atoms with E-state index in [2.05, 4.69) is 12.2 Å². The zero-order valence-electron chi connectivity index (χ0n) is 13.0. The number of urea groups is 1. The summed E-state index contributed by atoms with van der Waals surface area (Å²) in [5.41, 5.74) is 0. The molecule has 5 heteroatoms. The number of rotatable bonds is 5. The van der Waals surface area contributed by atoms with E-state index in [1.54, 1.807) is 0 Å². The Bertz CT molecular complexity index is 373. The van der Waals surface area contributed by atoms with Crippen LogP contribution in [0, 0.1) is 11.8 Å². The molecule has 0 aromatic heterocycles. The van der Waals surface area contributed by atoms with Gasteiger partial charge in [-0.15, -0.1) is 0 Å². The molecule has 0 spiro atoms. The molecular formula is C16H28N2O3. The third-order valence-electron chi connectivity index (χ3n) is 5.13. The van der Waals surface area contributed by atoms with Crippen LogP contribution < -0.4 is 5.32 Å². The van der Waals surface area contributed by atoms with E-state index < -0.39 is 5.97 Å². The van der Waals surface area contributed by atoms with Gasteiger partial charge in [0.25, 0.3) is 0 Å². The van der Waals surface area contributed by atoms with Crippen LogP contribution in [0.1, 0.15) is 58.3 Å². The highest BCUT2D eigenvalue weighted by molar-refractivity contribution is 5.74. The van der Waals surface area contributed by atoms with Crippen molar-refractivity contribution in [1.82, 2.24) is 10.2 Å².